The maximum Gasteiger partial charge on any atom is 0.303 e. The van der Waals surface area contributed by atoms with E-state index < -0.39 is 5.97 Å². The maximum absolute atomic E-state index is 12.2. The number of hydrogen-bond acceptors (Lipinski definition) is 4. The molecule has 122 valence electrons. The highest BCUT2D eigenvalue weighted by Crippen LogP contribution is 2.28. The largest absolute Gasteiger partial charge is 0.481 e. The predicted molar refractivity (Wildman–Crippen MR) is 86.4 cm³/mol. The van der Waals surface area contributed by atoms with E-state index in [1.54, 1.807) is 6.07 Å². The molecule has 0 spiro atoms. The van der Waals surface area contributed by atoms with Crippen LogP contribution in [0.1, 0.15) is 54.8 Å². The predicted octanol–water partition coefficient (Wildman–Crippen LogP) is 2.64. The molecule has 2 amide bonds. The molecule has 1 aromatic heterocycles. The van der Waals surface area contributed by atoms with Gasteiger partial charge in [0.05, 0.1) is 5.56 Å². The molecule has 0 saturated heterocycles. The van der Waals surface area contributed by atoms with Gasteiger partial charge in [0.25, 0.3) is 5.91 Å². The third-order valence-corrected chi connectivity index (χ3v) is 4.21. The Hall–Kier alpha value is -1.89. The first-order valence-corrected chi connectivity index (χ1v) is 8.16. The van der Waals surface area contributed by atoms with E-state index in [0.29, 0.717) is 23.5 Å². The average Bonchev–Trinajstić information content (AvgIpc) is 2.84. The molecule has 0 fully saturated rings. The fourth-order valence-corrected chi connectivity index (χ4v) is 2.95. The molecule has 0 radical (unpaired) electrons. The Morgan fingerprint density at radius 2 is 1.95 bits per heavy atom. The highest BCUT2D eigenvalue weighted by Gasteiger charge is 2.16. The van der Waals surface area contributed by atoms with E-state index in [0.717, 1.165) is 24.1 Å². The molecule has 0 aliphatic carbocycles. The van der Waals surface area contributed by atoms with E-state index in [4.69, 9.17) is 5.11 Å². The number of nitrogens with one attached hydrogen (secondary N) is 2. The molecule has 1 aromatic rings. The Kier molecular flexibility index (Phi) is 7.59. The van der Waals surface area contributed by atoms with Crippen molar-refractivity contribution in [3.05, 3.63) is 16.5 Å². The number of anilines is 1. The first-order chi connectivity index (χ1) is 10.4. The van der Waals surface area contributed by atoms with Gasteiger partial charge in [0, 0.05) is 24.8 Å². The number of aliphatic carboxylic acids is 1. The van der Waals surface area contributed by atoms with Crippen molar-refractivity contribution in [3.63, 3.8) is 0 Å². The van der Waals surface area contributed by atoms with Crippen LogP contribution in [0.4, 0.5) is 5.00 Å². The van der Waals surface area contributed by atoms with E-state index in [9.17, 15) is 14.4 Å². The molecule has 0 unspecified atom stereocenters. The van der Waals surface area contributed by atoms with Crippen molar-refractivity contribution in [1.29, 1.82) is 0 Å². The normalized spacial score (nSPS) is 10.3. The fourth-order valence-electron chi connectivity index (χ4n) is 1.91. The number of carboxylic acid groups (broad SMARTS) is 1. The monoisotopic (exact) mass is 326 g/mol. The van der Waals surface area contributed by atoms with Crippen molar-refractivity contribution in [2.24, 2.45) is 0 Å². The van der Waals surface area contributed by atoms with E-state index in [1.165, 1.54) is 18.3 Å². The Labute approximate surface area is 133 Å². The molecule has 1 heterocycles. The van der Waals surface area contributed by atoms with E-state index in [2.05, 4.69) is 10.6 Å². The van der Waals surface area contributed by atoms with Gasteiger partial charge in [-0.05, 0) is 25.3 Å². The Morgan fingerprint density at radius 3 is 2.55 bits per heavy atom. The molecule has 0 saturated carbocycles. The van der Waals surface area contributed by atoms with E-state index in [1.807, 2.05) is 6.92 Å². The van der Waals surface area contributed by atoms with Gasteiger partial charge in [-0.2, -0.15) is 0 Å². The molecule has 22 heavy (non-hydrogen) atoms. The first kappa shape index (κ1) is 18.2. The molecular weight excluding hydrogens is 304 g/mol. The minimum atomic E-state index is -0.797. The van der Waals surface area contributed by atoms with Crippen LogP contribution in [0.3, 0.4) is 0 Å². The molecule has 0 aromatic carbocycles. The van der Waals surface area contributed by atoms with Crippen molar-refractivity contribution in [1.82, 2.24) is 5.32 Å². The summed E-state index contributed by atoms with van der Waals surface area (Å²) in [5.74, 6) is -1.21. The Bertz CT molecular complexity index is 540. The second-order valence-electron chi connectivity index (χ2n) is 4.95. The standard InChI is InChI=1S/C15H22N2O4S/c1-3-11-9-12(15(22-11)17-10(2)18)14(21)16-8-6-4-5-7-13(19)20/h9H,3-8H2,1-2H3,(H,16,21)(H,17,18)(H,19,20). The number of rotatable bonds is 9. The molecule has 0 bridgehead atoms. The minimum absolute atomic E-state index is 0.158. The first-order valence-electron chi connectivity index (χ1n) is 7.34. The molecule has 1 rings (SSSR count). The molecule has 0 aliphatic heterocycles. The molecule has 3 N–H and O–H groups in total. The van der Waals surface area contributed by atoms with Crippen molar-refractivity contribution >= 4 is 34.1 Å². The van der Waals surface area contributed by atoms with Crippen LogP contribution < -0.4 is 10.6 Å². The van der Waals surface area contributed by atoms with Gasteiger partial charge in [-0.15, -0.1) is 11.3 Å². The van der Waals surface area contributed by atoms with Gasteiger partial charge < -0.3 is 15.7 Å². The summed E-state index contributed by atoms with van der Waals surface area (Å²) in [6.07, 6.45) is 3.07. The fraction of sp³-hybridized carbons (Fsp3) is 0.533. The van der Waals surface area contributed by atoms with E-state index in [-0.39, 0.29) is 18.2 Å². The number of amides is 2. The number of aryl methyl sites for hydroxylation is 1. The number of hydrogen-bond donors (Lipinski definition) is 3. The third kappa shape index (κ3) is 6.26. The van der Waals surface area contributed by atoms with Crippen LogP contribution in [0.25, 0.3) is 0 Å². The number of carbonyl (C=O) groups excluding carboxylic acids is 2. The van der Waals surface area contributed by atoms with Crippen molar-refractivity contribution in [2.45, 2.75) is 46.0 Å². The smallest absolute Gasteiger partial charge is 0.303 e. The zero-order valence-corrected chi connectivity index (χ0v) is 13.7. The van der Waals surface area contributed by atoms with Crippen LogP contribution in [0.5, 0.6) is 0 Å². The number of carbonyl (C=O) groups is 3. The second kappa shape index (κ2) is 9.19. The van der Waals surface area contributed by atoms with Gasteiger partial charge in [-0.3, -0.25) is 14.4 Å². The molecule has 7 heteroatoms. The van der Waals surface area contributed by atoms with Crippen LogP contribution in [0.2, 0.25) is 0 Å². The van der Waals surface area contributed by atoms with Gasteiger partial charge in [-0.25, -0.2) is 0 Å². The van der Waals surface area contributed by atoms with Crippen LogP contribution in [-0.2, 0) is 16.0 Å². The quantitative estimate of drug-likeness (QED) is 0.608. The number of thiophene rings is 1. The van der Waals surface area contributed by atoms with Crippen LogP contribution in [-0.4, -0.2) is 29.4 Å². The van der Waals surface area contributed by atoms with Gasteiger partial charge in [0.15, 0.2) is 0 Å². The summed E-state index contributed by atoms with van der Waals surface area (Å²) in [6, 6.07) is 1.80. The highest BCUT2D eigenvalue weighted by atomic mass is 32.1. The van der Waals surface area contributed by atoms with Crippen LogP contribution in [0, 0.1) is 0 Å². The highest BCUT2D eigenvalue weighted by molar-refractivity contribution is 7.16. The topological polar surface area (TPSA) is 95.5 Å². The average molecular weight is 326 g/mol. The maximum atomic E-state index is 12.2. The minimum Gasteiger partial charge on any atom is -0.481 e. The van der Waals surface area contributed by atoms with Gasteiger partial charge in [-0.1, -0.05) is 13.3 Å². The molecule has 6 nitrogen and oxygen atoms in total. The van der Waals surface area contributed by atoms with Crippen molar-refractivity contribution in [2.75, 3.05) is 11.9 Å². The SMILES string of the molecule is CCc1cc(C(=O)NCCCCCC(=O)O)c(NC(C)=O)s1. The Morgan fingerprint density at radius 1 is 1.23 bits per heavy atom. The molecule has 0 aliphatic rings. The summed E-state index contributed by atoms with van der Waals surface area (Å²) < 4.78 is 0. The number of unbranched alkanes of at least 4 members (excludes halogenated alkanes) is 2. The van der Waals surface area contributed by atoms with Crippen LogP contribution >= 0.6 is 11.3 Å². The van der Waals surface area contributed by atoms with Crippen molar-refractivity contribution < 1.29 is 19.5 Å². The lowest BCUT2D eigenvalue weighted by Crippen LogP contribution is -2.25. The third-order valence-electron chi connectivity index (χ3n) is 3.02. The van der Waals surface area contributed by atoms with Gasteiger partial charge in [0.2, 0.25) is 5.91 Å². The lowest BCUT2D eigenvalue weighted by Gasteiger charge is -2.06. The van der Waals surface area contributed by atoms with Gasteiger partial charge in [0.1, 0.15) is 5.00 Å². The lowest BCUT2D eigenvalue weighted by atomic mass is 10.2. The zero-order chi connectivity index (χ0) is 16.5. The zero-order valence-electron chi connectivity index (χ0n) is 12.9. The Balaban J connectivity index is 2.48. The summed E-state index contributed by atoms with van der Waals surface area (Å²) in [4.78, 5) is 34.8. The lowest BCUT2D eigenvalue weighted by molar-refractivity contribution is -0.137. The molecular formula is C15H22N2O4S. The molecule has 0 atom stereocenters. The summed E-state index contributed by atoms with van der Waals surface area (Å²) >= 11 is 1.41. The summed E-state index contributed by atoms with van der Waals surface area (Å²) in [7, 11) is 0. The van der Waals surface area contributed by atoms with Crippen LogP contribution in [0.15, 0.2) is 6.07 Å². The van der Waals surface area contributed by atoms with Crippen molar-refractivity contribution in [3.8, 4) is 0 Å². The summed E-state index contributed by atoms with van der Waals surface area (Å²) in [5, 5.41) is 14.6. The number of carboxylic acids is 1. The van der Waals surface area contributed by atoms with E-state index >= 15 is 0 Å². The summed E-state index contributed by atoms with van der Waals surface area (Å²) in [6.45, 7) is 3.90. The summed E-state index contributed by atoms with van der Waals surface area (Å²) in [5.41, 5.74) is 0.489. The van der Waals surface area contributed by atoms with Gasteiger partial charge >= 0.3 is 5.97 Å². The second-order valence-corrected chi connectivity index (χ2v) is 6.09.